The number of nitrogens with one attached hydrogen (secondary N) is 1. The summed E-state index contributed by atoms with van der Waals surface area (Å²) in [5.41, 5.74) is 0.415. The number of carbonyl (C=O) groups excluding carboxylic acids is 1. The van der Waals surface area contributed by atoms with E-state index in [0.717, 1.165) is 24.3 Å². The summed E-state index contributed by atoms with van der Waals surface area (Å²) >= 11 is 0. The smallest absolute Gasteiger partial charge is 0.251 e. The summed E-state index contributed by atoms with van der Waals surface area (Å²) in [6.45, 7) is 0. The van der Waals surface area contributed by atoms with Crippen molar-refractivity contribution in [1.29, 1.82) is 0 Å². The molecule has 0 aromatic heterocycles. The zero-order valence-electron chi connectivity index (χ0n) is 17.7. The third-order valence-corrected chi connectivity index (χ3v) is 5.49. The molecular weight excluding hydrogens is 450 g/mol. The second-order valence-electron chi connectivity index (χ2n) is 7.72. The van der Waals surface area contributed by atoms with Gasteiger partial charge in [0.25, 0.3) is 5.91 Å². The van der Waals surface area contributed by atoms with Crippen LogP contribution in [-0.2, 0) is 6.42 Å². The number of phenolic OH excluding ortho intramolecular Hbond substituents is 7. The van der Waals surface area contributed by atoms with Crippen molar-refractivity contribution in [1.82, 2.24) is 5.32 Å². The number of aromatic hydroxyl groups is 7. The van der Waals surface area contributed by atoms with Gasteiger partial charge < -0.3 is 50.5 Å². The molecule has 0 bridgehead atoms. The third-order valence-electron chi connectivity index (χ3n) is 5.49. The average Bonchev–Trinajstić information content (AvgIpc) is 2.78. The number of benzene rings is 3. The standard InChI is InChI=1S/C23H21NO10/c1-33-19-5-10(4-17(29)21(19)31)23(32)24-13-8-12-14(26)6-11(25)7-18(12)34-22(13)9-2-15(27)20(30)16(28)3-9/h2-7,13,22,25-31H,8H2,1H3,(H,24,32)/t13-,22+/m0/s1. The maximum Gasteiger partial charge on any atom is 0.251 e. The Morgan fingerprint density at radius 1 is 0.882 bits per heavy atom. The highest BCUT2D eigenvalue weighted by Crippen LogP contribution is 2.45. The quantitative estimate of drug-likeness (QED) is 0.262. The number of hydrogen-bond acceptors (Lipinski definition) is 10. The van der Waals surface area contributed by atoms with Gasteiger partial charge in [-0.3, -0.25) is 4.79 Å². The maximum absolute atomic E-state index is 13.0. The molecule has 3 aromatic carbocycles. The van der Waals surface area contributed by atoms with E-state index in [4.69, 9.17) is 9.47 Å². The van der Waals surface area contributed by atoms with E-state index in [1.54, 1.807) is 0 Å². The molecule has 2 atom stereocenters. The van der Waals surface area contributed by atoms with Gasteiger partial charge in [-0.1, -0.05) is 0 Å². The van der Waals surface area contributed by atoms with E-state index in [9.17, 15) is 40.5 Å². The van der Waals surface area contributed by atoms with Crippen LogP contribution in [0.2, 0.25) is 0 Å². The number of ether oxygens (including phenoxy) is 2. The third kappa shape index (κ3) is 3.94. The fraction of sp³-hybridized carbons (Fsp3) is 0.174. The Morgan fingerprint density at radius 2 is 1.53 bits per heavy atom. The molecule has 0 radical (unpaired) electrons. The molecule has 8 N–H and O–H groups in total. The summed E-state index contributed by atoms with van der Waals surface area (Å²) in [5, 5.41) is 72.1. The molecule has 178 valence electrons. The van der Waals surface area contributed by atoms with Crippen LogP contribution in [0.5, 0.6) is 51.7 Å². The Labute approximate surface area is 192 Å². The lowest BCUT2D eigenvalue weighted by Gasteiger charge is -2.35. The Bertz CT molecular complexity index is 1270. The molecule has 1 heterocycles. The molecule has 0 fully saturated rings. The number of methoxy groups -OCH3 is 1. The summed E-state index contributed by atoms with van der Waals surface area (Å²) in [7, 11) is 1.25. The van der Waals surface area contributed by atoms with Gasteiger partial charge in [0.2, 0.25) is 5.75 Å². The molecule has 0 aliphatic carbocycles. The molecule has 1 amide bonds. The molecule has 0 spiro atoms. The van der Waals surface area contributed by atoms with Gasteiger partial charge >= 0.3 is 0 Å². The first-order chi connectivity index (χ1) is 16.1. The van der Waals surface area contributed by atoms with Crippen LogP contribution in [0.1, 0.15) is 27.6 Å². The molecule has 11 heteroatoms. The second kappa shape index (κ2) is 8.35. The van der Waals surface area contributed by atoms with Crippen molar-refractivity contribution in [3.63, 3.8) is 0 Å². The molecular formula is C23H21NO10. The molecule has 11 nitrogen and oxygen atoms in total. The van der Waals surface area contributed by atoms with Gasteiger partial charge in [0.05, 0.1) is 13.2 Å². The van der Waals surface area contributed by atoms with Crippen LogP contribution in [0.4, 0.5) is 0 Å². The molecule has 0 saturated carbocycles. The number of carbonyl (C=O) groups is 1. The van der Waals surface area contributed by atoms with Crippen LogP contribution in [-0.4, -0.2) is 54.8 Å². The topological polar surface area (TPSA) is 189 Å². The van der Waals surface area contributed by atoms with E-state index in [1.807, 2.05) is 0 Å². The van der Waals surface area contributed by atoms with Crippen LogP contribution < -0.4 is 14.8 Å². The molecule has 0 unspecified atom stereocenters. The second-order valence-corrected chi connectivity index (χ2v) is 7.72. The SMILES string of the molecule is COc1cc(C(=O)N[C@H]2Cc3c(O)cc(O)cc3O[C@@H]2c2cc(O)c(O)c(O)c2)cc(O)c1O. The minimum atomic E-state index is -1.04. The maximum atomic E-state index is 13.0. The predicted octanol–water partition coefficient (Wildman–Crippen LogP) is 2.11. The highest BCUT2D eigenvalue weighted by Gasteiger charge is 2.35. The van der Waals surface area contributed by atoms with E-state index in [-0.39, 0.29) is 46.1 Å². The lowest BCUT2D eigenvalue weighted by molar-refractivity contribution is 0.0836. The molecule has 0 saturated heterocycles. The fourth-order valence-electron chi connectivity index (χ4n) is 3.82. The highest BCUT2D eigenvalue weighted by molar-refractivity contribution is 5.96. The van der Waals surface area contributed by atoms with Crippen molar-refractivity contribution in [2.24, 2.45) is 0 Å². The minimum absolute atomic E-state index is 0.0153. The zero-order valence-corrected chi connectivity index (χ0v) is 17.7. The van der Waals surface area contributed by atoms with Crippen molar-refractivity contribution >= 4 is 5.91 Å². The van der Waals surface area contributed by atoms with Crippen LogP contribution in [0.3, 0.4) is 0 Å². The molecule has 1 aliphatic rings. The van der Waals surface area contributed by atoms with E-state index >= 15 is 0 Å². The van der Waals surface area contributed by atoms with Gasteiger partial charge in [0, 0.05) is 35.2 Å². The Hall–Kier alpha value is -4.67. The van der Waals surface area contributed by atoms with E-state index < -0.39 is 46.8 Å². The number of phenols is 7. The first-order valence-corrected chi connectivity index (χ1v) is 9.96. The first kappa shape index (κ1) is 22.5. The normalized spacial score (nSPS) is 16.9. The minimum Gasteiger partial charge on any atom is -0.508 e. The molecule has 1 aliphatic heterocycles. The van der Waals surface area contributed by atoms with Crippen molar-refractivity contribution in [2.45, 2.75) is 18.6 Å². The lowest BCUT2D eigenvalue weighted by atomic mass is 9.91. The molecule has 4 rings (SSSR count). The average molecular weight is 471 g/mol. The Morgan fingerprint density at radius 3 is 2.18 bits per heavy atom. The number of amides is 1. The summed E-state index contributed by atoms with van der Waals surface area (Å²) in [4.78, 5) is 13.0. The van der Waals surface area contributed by atoms with Crippen molar-refractivity contribution in [2.75, 3.05) is 7.11 Å². The Kier molecular flexibility index (Phi) is 5.53. The lowest BCUT2D eigenvalue weighted by Crippen LogP contribution is -2.45. The molecule has 34 heavy (non-hydrogen) atoms. The summed E-state index contributed by atoms with van der Waals surface area (Å²) in [6, 6.07) is 6.02. The number of hydrogen-bond donors (Lipinski definition) is 8. The van der Waals surface area contributed by atoms with E-state index in [1.165, 1.54) is 19.2 Å². The largest absolute Gasteiger partial charge is 0.508 e. The number of rotatable bonds is 4. The van der Waals surface area contributed by atoms with Gasteiger partial charge in [-0.05, 0) is 24.3 Å². The van der Waals surface area contributed by atoms with E-state index in [2.05, 4.69) is 5.32 Å². The summed E-state index contributed by atoms with van der Waals surface area (Å²) in [6.07, 6.45) is -1.02. The predicted molar refractivity (Wildman–Crippen MR) is 116 cm³/mol. The van der Waals surface area contributed by atoms with Gasteiger partial charge in [-0.25, -0.2) is 0 Å². The Balaban J connectivity index is 1.75. The van der Waals surface area contributed by atoms with Crippen LogP contribution >= 0.6 is 0 Å². The fourth-order valence-corrected chi connectivity index (χ4v) is 3.82. The monoisotopic (exact) mass is 471 g/mol. The highest BCUT2D eigenvalue weighted by atomic mass is 16.5. The van der Waals surface area contributed by atoms with Crippen molar-refractivity contribution in [3.8, 4) is 51.7 Å². The molecule has 3 aromatic rings. The van der Waals surface area contributed by atoms with Gasteiger partial charge in [0.1, 0.15) is 23.4 Å². The van der Waals surface area contributed by atoms with Gasteiger partial charge in [-0.15, -0.1) is 0 Å². The first-order valence-electron chi connectivity index (χ1n) is 9.96. The van der Waals surface area contributed by atoms with Crippen LogP contribution in [0.25, 0.3) is 0 Å². The summed E-state index contributed by atoms with van der Waals surface area (Å²) < 4.78 is 10.9. The van der Waals surface area contributed by atoms with Crippen LogP contribution in [0.15, 0.2) is 36.4 Å². The van der Waals surface area contributed by atoms with E-state index in [0.29, 0.717) is 0 Å². The van der Waals surface area contributed by atoms with Crippen LogP contribution in [0, 0.1) is 0 Å². The number of fused-ring (bicyclic) bond motifs is 1. The van der Waals surface area contributed by atoms with Gasteiger partial charge in [0.15, 0.2) is 28.7 Å². The summed E-state index contributed by atoms with van der Waals surface area (Å²) in [5.74, 6) is -4.34. The van der Waals surface area contributed by atoms with Crippen molar-refractivity contribution in [3.05, 3.63) is 53.1 Å². The zero-order chi connectivity index (χ0) is 24.7. The van der Waals surface area contributed by atoms with Gasteiger partial charge in [-0.2, -0.15) is 0 Å². The van der Waals surface area contributed by atoms with Crippen molar-refractivity contribution < 1.29 is 50.0 Å².